The topological polar surface area (TPSA) is 122 Å². The molecule has 1 amide bonds. The number of aliphatic hydroxyl groups is 1. The molecule has 7 heteroatoms. The van der Waals surface area contributed by atoms with Crippen molar-refractivity contribution in [1.29, 1.82) is 5.26 Å². The van der Waals surface area contributed by atoms with E-state index >= 15 is 0 Å². The number of aliphatic carboxylic acids is 1. The number of aliphatic hydroxyl groups excluding tert-OH is 1. The van der Waals surface area contributed by atoms with Crippen LogP contribution < -0.4 is 10.6 Å². The lowest BCUT2D eigenvalue weighted by Crippen LogP contribution is -2.28. The van der Waals surface area contributed by atoms with E-state index < -0.39 is 11.9 Å². The Morgan fingerprint density at radius 3 is 2.53 bits per heavy atom. The lowest BCUT2D eigenvalue weighted by atomic mass is 10.2. The van der Waals surface area contributed by atoms with E-state index in [9.17, 15) is 9.59 Å². The van der Waals surface area contributed by atoms with Gasteiger partial charge in [-0.15, -0.1) is 0 Å². The van der Waals surface area contributed by atoms with Gasteiger partial charge in [-0.3, -0.25) is 9.59 Å². The standard InChI is InChI=1S/C12H19N3O4/c13-8-10(9-14-5-2-1-3-7-16)12(19)15-6-4-11(17)18/h9,14,16H,1-7H2,(H,15,19)(H,17,18)/b10-9-. The van der Waals surface area contributed by atoms with E-state index in [1.807, 2.05) is 0 Å². The summed E-state index contributed by atoms with van der Waals surface area (Å²) < 4.78 is 0. The quantitative estimate of drug-likeness (QED) is 0.246. The van der Waals surface area contributed by atoms with Crippen molar-refractivity contribution in [2.45, 2.75) is 25.7 Å². The minimum Gasteiger partial charge on any atom is -0.481 e. The molecule has 0 aromatic heterocycles. The van der Waals surface area contributed by atoms with E-state index in [1.54, 1.807) is 6.07 Å². The van der Waals surface area contributed by atoms with E-state index in [4.69, 9.17) is 15.5 Å². The van der Waals surface area contributed by atoms with E-state index in [1.165, 1.54) is 6.20 Å². The molecule has 0 aliphatic rings. The van der Waals surface area contributed by atoms with Gasteiger partial charge < -0.3 is 20.8 Å². The first-order valence-corrected chi connectivity index (χ1v) is 6.06. The first-order valence-electron chi connectivity index (χ1n) is 6.06. The summed E-state index contributed by atoms with van der Waals surface area (Å²) in [5.41, 5.74) is -0.0902. The van der Waals surface area contributed by atoms with Crippen molar-refractivity contribution >= 4 is 11.9 Å². The maximum atomic E-state index is 11.5. The summed E-state index contributed by atoms with van der Waals surface area (Å²) in [5, 5.41) is 30.9. The Balaban J connectivity index is 3.93. The van der Waals surface area contributed by atoms with Gasteiger partial charge in [0.25, 0.3) is 5.91 Å². The van der Waals surface area contributed by atoms with Crippen molar-refractivity contribution in [3.63, 3.8) is 0 Å². The molecule has 0 rings (SSSR count). The van der Waals surface area contributed by atoms with Gasteiger partial charge in [-0.05, 0) is 19.3 Å². The number of carbonyl (C=O) groups excluding carboxylic acids is 1. The minimum absolute atomic E-state index is 0.0102. The van der Waals surface area contributed by atoms with Gasteiger partial charge in [-0.2, -0.15) is 5.26 Å². The van der Waals surface area contributed by atoms with Crippen LogP contribution in [0.4, 0.5) is 0 Å². The molecule has 0 atom stereocenters. The third-order valence-corrected chi connectivity index (χ3v) is 2.22. The molecule has 4 N–H and O–H groups in total. The van der Waals surface area contributed by atoms with Gasteiger partial charge in [0, 0.05) is 25.9 Å². The summed E-state index contributed by atoms with van der Waals surface area (Å²) in [5.74, 6) is -1.60. The number of carboxylic acids is 1. The SMILES string of the molecule is N#C/C(=C/NCCCCCO)C(=O)NCCC(=O)O. The van der Waals surface area contributed by atoms with Gasteiger partial charge in [0.05, 0.1) is 6.42 Å². The van der Waals surface area contributed by atoms with Crippen LogP contribution >= 0.6 is 0 Å². The summed E-state index contributed by atoms with van der Waals surface area (Å²) in [6, 6.07) is 1.74. The molecule has 0 fully saturated rings. The Labute approximate surface area is 111 Å². The largest absolute Gasteiger partial charge is 0.481 e. The van der Waals surface area contributed by atoms with Gasteiger partial charge in [0.15, 0.2) is 0 Å². The molecule has 7 nitrogen and oxygen atoms in total. The van der Waals surface area contributed by atoms with Crippen molar-refractivity contribution in [2.75, 3.05) is 19.7 Å². The number of nitrogens with zero attached hydrogens (tertiary/aromatic N) is 1. The molecular weight excluding hydrogens is 250 g/mol. The smallest absolute Gasteiger partial charge is 0.305 e. The average molecular weight is 269 g/mol. The van der Waals surface area contributed by atoms with Gasteiger partial charge >= 0.3 is 5.97 Å². The van der Waals surface area contributed by atoms with Gasteiger partial charge in [0.2, 0.25) is 0 Å². The van der Waals surface area contributed by atoms with Crippen molar-refractivity contribution in [2.24, 2.45) is 0 Å². The fourth-order valence-electron chi connectivity index (χ4n) is 1.22. The highest BCUT2D eigenvalue weighted by molar-refractivity contribution is 5.97. The molecule has 0 aliphatic carbocycles. The average Bonchev–Trinajstić information content (AvgIpc) is 2.37. The Bertz CT molecular complexity index is 360. The van der Waals surface area contributed by atoms with Crippen molar-refractivity contribution in [3.05, 3.63) is 11.8 Å². The number of hydrogen-bond donors (Lipinski definition) is 4. The number of nitriles is 1. The highest BCUT2D eigenvalue weighted by Crippen LogP contribution is 1.94. The second-order valence-corrected chi connectivity index (χ2v) is 3.81. The molecule has 0 aromatic rings. The first-order chi connectivity index (χ1) is 9.11. The predicted molar refractivity (Wildman–Crippen MR) is 67.9 cm³/mol. The van der Waals surface area contributed by atoms with E-state index in [0.29, 0.717) is 6.54 Å². The molecule has 0 radical (unpaired) electrons. The number of hydrogen-bond acceptors (Lipinski definition) is 5. The zero-order chi connectivity index (χ0) is 14.5. The minimum atomic E-state index is -1.01. The van der Waals surface area contributed by atoms with Gasteiger partial charge in [0.1, 0.15) is 11.6 Å². The summed E-state index contributed by atoms with van der Waals surface area (Å²) in [6.07, 6.45) is 3.56. The van der Waals surface area contributed by atoms with Crippen LogP contribution in [0.2, 0.25) is 0 Å². The summed E-state index contributed by atoms with van der Waals surface area (Å²) in [4.78, 5) is 21.7. The number of unbranched alkanes of at least 4 members (excludes halogenated alkanes) is 2. The van der Waals surface area contributed by atoms with E-state index in [-0.39, 0.29) is 25.1 Å². The molecule has 106 valence electrons. The maximum Gasteiger partial charge on any atom is 0.305 e. The lowest BCUT2D eigenvalue weighted by molar-refractivity contribution is -0.136. The third kappa shape index (κ3) is 9.62. The number of nitrogens with one attached hydrogen (secondary N) is 2. The van der Waals surface area contributed by atoms with E-state index in [2.05, 4.69) is 10.6 Å². The van der Waals surface area contributed by atoms with Crippen LogP contribution in [0, 0.1) is 11.3 Å². The Kier molecular flexibility index (Phi) is 9.84. The number of carbonyl (C=O) groups is 2. The van der Waals surface area contributed by atoms with Crippen LogP contribution in [0.25, 0.3) is 0 Å². The molecule has 0 heterocycles. The molecule has 0 aliphatic heterocycles. The summed E-state index contributed by atoms with van der Waals surface area (Å²) in [7, 11) is 0. The van der Waals surface area contributed by atoms with Crippen LogP contribution in [0.1, 0.15) is 25.7 Å². The second kappa shape index (κ2) is 11.0. The monoisotopic (exact) mass is 269 g/mol. The Hall–Kier alpha value is -2.07. The van der Waals surface area contributed by atoms with Crippen molar-refractivity contribution < 1.29 is 19.8 Å². The van der Waals surface area contributed by atoms with Crippen LogP contribution in [0.3, 0.4) is 0 Å². The Morgan fingerprint density at radius 1 is 1.21 bits per heavy atom. The molecular formula is C12H19N3O4. The summed E-state index contributed by atoms with van der Waals surface area (Å²) in [6.45, 7) is 0.753. The molecule has 0 saturated carbocycles. The number of amides is 1. The molecule has 0 unspecified atom stereocenters. The predicted octanol–water partition coefficient (Wildman–Crippen LogP) is -0.263. The van der Waals surface area contributed by atoms with Crippen LogP contribution in [-0.4, -0.2) is 41.8 Å². The van der Waals surface area contributed by atoms with Crippen LogP contribution in [0.5, 0.6) is 0 Å². The first kappa shape index (κ1) is 16.9. The van der Waals surface area contributed by atoms with Crippen molar-refractivity contribution in [3.8, 4) is 6.07 Å². The summed E-state index contributed by atoms with van der Waals surface area (Å²) >= 11 is 0. The fourth-order valence-corrected chi connectivity index (χ4v) is 1.22. The third-order valence-electron chi connectivity index (χ3n) is 2.22. The highest BCUT2D eigenvalue weighted by Gasteiger charge is 2.08. The molecule has 0 aromatic carbocycles. The van der Waals surface area contributed by atoms with Crippen LogP contribution in [-0.2, 0) is 9.59 Å². The highest BCUT2D eigenvalue weighted by atomic mass is 16.4. The number of carboxylic acid groups (broad SMARTS) is 1. The van der Waals surface area contributed by atoms with Crippen LogP contribution in [0.15, 0.2) is 11.8 Å². The molecule has 0 saturated heterocycles. The zero-order valence-electron chi connectivity index (χ0n) is 10.7. The molecule has 19 heavy (non-hydrogen) atoms. The number of rotatable bonds is 10. The Morgan fingerprint density at radius 2 is 1.95 bits per heavy atom. The maximum absolute atomic E-state index is 11.5. The molecule has 0 bridgehead atoms. The van der Waals surface area contributed by atoms with Crippen molar-refractivity contribution in [1.82, 2.24) is 10.6 Å². The van der Waals surface area contributed by atoms with E-state index in [0.717, 1.165) is 19.3 Å². The normalized spacial score (nSPS) is 10.6. The van der Waals surface area contributed by atoms with Gasteiger partial charge in [-0.25, -0.2) is 0 Å². The second-order valence-electron chi connectivity index (χ2n) is 3.81. The molecule has 0 spiro atoms. The van der Waals surface area contributed by atoms with Gasteiger partial charge in [-0.1, -0.05) is 0 Å². The lowest BCUT2D eigenvalue weighted by Gasteiger charge is -2.03. The zero-order valence-corrected chi connectivity index (χ0v) is 10.7. The fraction of sp³-hybridized carbons (Fsp3) is 0.583.